The topological polar surface area (TPSA) is 102 Å². The molecule has 0 spiro atoms. The highest BCUT2D eigenvalue weighted by Crippen LogP contribution is 2.33. The number of sulfonamides is 1. The van der Waals surface area contributed by atoms with Crippen LogP contribution < -0.4 is 19.5 Å². The molecule has 2 aromatic rings. The van der Waals surface area contributed by atoms with Gasteiger partial charge in [0.15, 0.2) is 5.15 Å². The van der Waals surface area contributed by atoms with E-state index in [4.69, 9.17) is 44.3 Å². The van der Waals surface area contributed by atoms with Crippen molar-refractivity contribution in [3.8, 4) is 11.8 Å². The highest BCUT2D eigenvalue weighted by Gasteiger charge is 2.24. The second kappa shape index (κ2) is 10.2. The molecule has 0 aliphatic carbocycles. The number of hydrogen-bond acceptors (Lipinski definition) is 7. The van der Waals surface area contributed by atoms with E-state index in [0.29, 0.717) is 6.61 Å². The van der Waals surface area contributed by atoms with Crippen LogP contribution in [0.25, 0.3) is 0 Å². The lowest BCUT2D eigenvalue weighted by Gasteiger charge is -2.15. The molecule has 1 saturated heterocycles. The van der Waals surface area contributed by atoms with Crippen molar-refractivity contribution in [1.29, 1.82) is 0 Å². The van der Waals surface area contributed by atoms with E-state index in [1.807, 2.05) is 0 Å². The number of anilines is 1. The minimum atomic E-state index is -4.11. The lowest BCUT2D eigenvalue weighted by Crippen LogP contribution is -2.28. The smallest absolute Gasteiger partial charge is 0.264 e. The lowest BCUT2D eigenvalue weighted by atomic mass is 10.2. The van der Waals surface area contributed by atoms with Crippen LogP contribution in [0.15, 0.2) is 23.1 Å². The number of ether oxygens (including phenoxy) is 2. The summed E-state index contributed by atoms with van der Waals surface area (Å²) in [5.74, 6) is -0.244. The van der Waals surface area contributed by atoms with Crippen molar-refractivity contribution in [2.45, 2.75) is 23.8 Å². The second-order valence-corrected chi connectivity index (χ2v) is 8.73. The van der Waals surface area contributed by atoms with Gasteiger partial charge in [0.1, 0.15) is 11.5 Å². The molecule has 29 heavy (non-hydrogen) atoms. The first kappa shape index (κ1) is 24.0. The molecule has 0 saturated carbocycles. The average Bonchev–Trinajstić information content (AvgIpc) is 3.16. The van der Waals surface area contributed by atoms with Crippen molar-refractivity contribution in [1.82, 2.24) is 15.3 Å². The van der Waals surface area contributed by atoms with Crippen LogP contribution in [-0.4, -0.2) is 44.7 Å². The first-order chi connectivity index (χ1) is 13.3. The Hall–Kier alpha value is -1.23. The molecule has 1 aliphatic heterocycles. The zero-order valence-electron chi connectivity index (χ0n) is 15.1. The molecule has 3 rings (SSSR count). The molecule has 160 valence electrons. The van der Waals surface area contributed by atoms with Crippen LogP contribution in [0.2, 0.25) is 15.2 Å². The Labute approximate surface area is 189 Å². The third-order valence-electron chi connectivity index (χ3n) is 4.01. The van der Waals surface area contributed by atoms with Crippen LogP contribution in [-0.2, 0) is 10.0 Å². The molecule has 1 aliphatic rings. The Bertz CT molecular complexity index is 972. The number of methoxy groups -OCH3 is 1. The van der Waals surface area contributed by atoms with Crippen LogP contribution in [0.1, 0.15) is 12.8 Å². The predicted octanol–water partition coefficient (Wildman–Crippen LogP) is 3.80. The summed E-state index contributed by atoms with van der Waals surface area (Å²) in [7, 11) is -2.79. The largest absolute Gasteiger partial charge is 0.478 e. The van der Waals surface area contributed by atoms with E-state index < -0.39 is 10.0 Å². The maximum Gasteiger partial charge on any atom is 0.264 e. The maximum atomic E-state index is 12.7. The van der Waals surface area contributed by atoms with Gasteiger partial charge in [-0.15, -0.1) is 12.4 Å². The normalized spacial score (nSPS) is 16.2. The summed E-state index contributed by atoms with van der Waals surface area (Å²) in [5, 5.41) is 3.17. The van der Waals surface area contributed by atoms with Crippen molar-refractivity contribution < 1.29 is 17.9 Å². The summed E-state index contributed by atoms with van der Waals surface area (Å²) in [6.45, 7) is 1.30. The number of aromatic nitrogens is 2. The van der Waals surface area contributed by atoms with E-state index >= 15 is 0 Å². The van der Waals surface area contributed by atoms with Crippen molar-refractivity contribution in [3.63, 3.8) is 0 Å². The SMILES string of the molecule is COc1nc(OC[C@H]2CCCN2)c(Cl)nc1NS(=O)(=O)c1cccc(Cl)c1Cl.Cl. The van der Waals surface area contributed by atoms with Crippen LogP contribution >= 0.6 is 47.2 Å². The molecule has 0 radical (unpaired) electrons. The van der Waals surface area contributed by atoms with E-state index in [1.54, 1.807) is 0 Å². The average molecular weight is 504 g/mol. The van der Waals surface area contributed by atoms with E-state index in [1.165, 1.54) is 25.3 Å². The number of nitrogens with zero attached hydrogens (tertiary/aromatic N) is 2. The van der Waals surface area contributed by atoms with Gasteiger partial charge in [0, 0.05) is 6.04 Å². The van der Waals surface area contributed by atoms with Gasteiger partial charge in [-0.1, -0.05) is 40.9 Å². The quantitative estimate of drug-likeness (QED) is 0.592. The minimum absolute atomic E-state index is 0. The van der Waals surface area contributed by atoms with Gasteiger partial charge in [0.25, 0.3) is 21.8 Å². The highest BCUT2D eigenvalue weighted by atomic mass is 35.5. The lowest BCUT2D eigenvalue weighted by molar-refractivity contribution is 0.262. The van der Waals surface area contributed by atoms with Crippen molar-refractivity contribution in [2.75, 3.05) is 25.0 Å². The number of nitrogens with one attached hydrogen (secondary N) is 2. The molecule has 13 heteroatoms. The summed E-state index contributed by atoms with van der Waals surface area (Å²) < 4.78 is 38.4. The predicted molar refractivity (Wildman–Crippen MR) is 115 cm³/mol. The number of rotatable bonds is 7. The Morgan fingerprint density at radius 3 is 2.66 bits per heavy atom. The minimum Gasteiger partial charge on any atom is -0.478 e. The van der Waals surface area contributed by atoms with Crippen molar-refractivity contribution >= 4 is 63.1 Å². The standard InChI is InChI=1S/C16H17Cl3N4O4S.ClH/c1-26-16-14(23-28(24,25)11-6-2-5-10(17)12(11)18)21-13(19)15(22-16)27-8-9-4-3-7-20-9;/h2,5-6,9,20H,3-4,7-8H2,1H3,(H,21,23);1H/t9-;/m1./s1. The third kappa shape index (κ3) is 5.68. The van der Waals surface area contributed by atoms with Gasteiger partial charge in [-0.25, -0.2) is 13.4 Å². The number of benzene rings is 1. The van der Waals surface area contributed by atoms with Gasteiger partial charge in [0.2, 0.25) is 5.82 Å². The molecule has 0 bridgehead atoms. The van der Waals surface area contributed by atoms with Gasteiger partial charge in [-0.3, -0.25) is 4.72 Å². The summed E-state index contributed by atoms with van der Waals surface area (Å²) in [6, 6.07) is 4.45. The summed E-state index contributed by atoms with van der Waals surface area (Å²) in [4.78, 5) is 7.92. The fraction of sp³-hybridized carbons (Fsp3) is 0.375. The Balaban J connectivity index is 0.00000300. The summed E-state index contributed by atoms with van der Waals surface area (Å²) in [6.07, 6.45) is 2.06. The van der Waals surface area contributed by atoms with Crippen molar-refractivity contribution in [2.24, 2.45) is 0 Å². The van der Waals surface area contributed by atoms with Crippen LogP contribution in [0.3, 0.4) is 0 Å². The first-order valence-corrected chi connectivity index (χ1v) is 10.9. The fourth-order valence-corrected chi connectivity index (χ4v) is 4.58. The van der Waals surface area contributed by atoms with Gasteiger partial charge in [-0.05, 0) is 31.5 Å². The fourth-order valence-electron chi connectivity index (χ4n) is 2.64. The van der Waals surface area contributed by atoms with E-state index in [-0.39, 0.29) is 56.1 Å². The summed E-state index contributed by atoms with van der Waals surface area (Å²) >= 11 is 18.0. The van der Waals surface area contributed by atoms with Crippen molar-refractivity contribution in [3.05, 3.63) is 33.4 Å². The second-order valence-electron chi connectivity index (χ2n) is 5.94. The van der Waals surface area contributed by atoms with E-state index in [2.05, 4.69) is 20.0 Å². The number of hydrogen-bond donors (Lipinski definition) is 2. The van der Waals surface area contributed by atoms with E-state index in [9.17, 15) is 8.42 Å². The molecule has 2 N–H and O–H groups in total. The molecule has 1 aromatic heterocycles. The molecular formula is C16H18Cl4N4O4S. The third-order valence-corrected chi connectivity index (χ3v) is 6.56. The first-order valence-electron chi connectivity index (χ1n) is 8.26. The molecule has 2 heterocycles. The Morgan fingerprint density at radius 1 is 1.24 bits per heavy atom. The van der Waals surface area contributed by atoms with E-state index in [0.717, 1.165) is 19.4 Å². The monoisotopic (exact) mass is 502 g/mol. The Kier molecular flexibility index (Phi) is 8.45. The molecular weight excluding hydrogens is 486 g/mol. The van der Waals surface area contributed by atoms with Gasteiger partial charge >= 0.3 is 0 Å². The molecule has 0 unspecified atom stereocenters. The maximum absolute atomic E-state index is 12.7. The summed E-state index contributed by atoms with van der Waals surface area (Å²) in [5.41, 5.74) is 0. The molecule has 1 atom stereocenters. The van der Waals surface area contributed by atoms with Gasteiger partial charge in [-0.2, -0.15) is 4.98 Å². The van der Waals surface area contributed by atoms with Crippen LogP contribution in [0, 0.1) is 0 Å². The van der Waals surface area contributed by atoms with Crippen LogP contribution in [0.4, 0.5) is 5.82 Å². The molecule has 1 aromatic carbocycles. The number of halogens is 4. The zero-order chi connectivity index (χ0) is 20.3. The molecule has 0 amide bonds. The van der Waals surface area contributed by atoms with Crippen LogP contribution in [0.5, 0.6) is 11.8 Å². The molecule has 1 fully saturated rings. The van der Waals surface area contributed by atoms with Gasteiger partial charge in [0.05, 0.1) is 17.2 Å². The Morgan fingerprint density at radius 2 is 2.00 bits per heavy atom. The van der Waals surface area contributed by atoms with Gasteiger partial charge < -0.3 is 14.8 Å². The zero-order valence-corrected chi connectivity index (χ0v) is 19.0. The molecule has 8 nitrogen and oxygen atoms in total. The highest BCUT2D eigenvalue weighted by molar-refractivity contribution is 7.92.